The van der Waals surface area contributed by atoms with E-state index in [0.717, 1.165) is 38.0 Å². The molecular weight excluding hydrogens is 316 g/mol. The van der Waals surface area contributed by atoms with Crippen molar-refractivity contribution >= 4 is 10.0 Å². The van der Waals surface area contributed by atoms with Gasteiger partial charge in [0, 0.05) is 50.7 Å². The molecule has 23 heavy (non-hydrogen) atoms. The van der Waals surface area contributed by atoms with Crippen molar-refractivity contribution in [1.29, 1.82) is 0 Å². The standard InChI is InChI=1S/C15H26N4O3S/c1-4-5-13-9-19(10-14(13)18-23(3,20)21)8-12-6-16-15(11-22-2)17-7-12/h6-7,13-14,18H,4-5,8-11H2,1-3H3/t13-,14-/m1/s1. The van der Waals surface area contributed by atoms with E-state index in [0.29, 0.717) is 18.3 Å². The van der Waals surface area contributed by atoms with Gasteiger partial charge in [0.05, 0.1) is 6.26 Å². The minimum Gasteiger partial charge on any atom is -0.377 e. The Labute approximate surface area is 138 Å². The Hall–Kier alpha value is -1.09. The summed E-state index contributed by atoms with van der Waals surface area (Å²) in [5.74, 6) is 1.02. The monoisotopic (exact) mass is 342 g/mol. The van der Waals surface area contributed by atoms with E-state index in [9.17, 15) is 8.42 Å². The first-order chi connectivity index (χ1) is 10.9. The highest BCUT2D eigenvalue weighted by atomic mass is 32.2. The molecular formula is C15H26N4O3S. The Kier molecular flexibility index (Phi) is 6.46. The van der Waals surface area contributed by atoms with Gasteiger partial charge in [-0.25, -0.2) is 23.1 Å². The molecule has 0 saturated carbocycles. The molecule has 130 valence electrons. The summed E-state index contributed by atoms with van der Waals surface area (Å²) in [7, 11) is -1.57. The van der Waals surface area contributed by atoms with Crippen LogP contribution in [0, 0.1) is 5.92 Å². The molecule has 0 spiro atoms. The molecule has 2 heterocycles. The fourth-order valence-corrected chi connectivity index (χ4v) is 3.90. The highest BCUT2D eigenvalue weighted by Gasteiger charge is 2.33. The quantitative estimate of drug-likeness (QED) is 0.751. The Morgan fingerprint density at radius 2 is 2.04 bits per heavy atom. The summed E-state index contributed by atoms with van der Waals surface area (Å²) in [4.78, 5) is 10.8. The molecule has 8 heteroatoms. The number of sulfonamides is 1. The van der Waals surface area contributed by atoms with Crippen molar-refractivity contribution in [2.24, 2.45) is 5.92 Å². The van der Waals surface area contributed by atoms with Crippen molar-refractivity contribution < 1.29 is 13.2 Å². The summed E-state index contributed by atoms with van der Waals surface area (Å²) >= 11 is 0. The van der Waals surface area contributed by atoms with Crippen molar-refractivity contribution in [3.63, 3.8) is 0 Å². The highest BCUT2D eigenvalue weighted by molar-refractivity contribution is 7.88. The number of methoxy groups -OCH3 is 1. The van der Waals surface area contributed by atoms with Gasteiger partial charge in [-0.3, -0.25) is 4.90 Å². The van der Waals surface area contributed by atoms with Gasteiger partial charge in [-0.1, -0.05) is 13.3 Å². The zero-order valence-corrected chi connectivity index (χ0v) is 14.8. The Morgan fingerprint density at radius 3 is 2.61 bits per heavy atom. The third-order valence-corrected chi connectivity index (χ3v) is 4.71. The molecule has 0 unspecified atom stereocenters. The summed E-state index contributed by atoms with van der Waals surface area (Å²) in [5.41, 5.74) is 1.03. The van der Waals surface area contributed by atoms with Crippen molar-refractivity contribution in [2.45, 2.75) is 39.0 Å². The summed E-state index contributed by atoms with van der Waals surface area (Å²) in [6.45, 7) is 4.87. The number of likely N-dealkylation sites (tertiary alicyclic amines) is 1. The van der Waals surface area contributed by atoms with E-state index >= 15 is 0 Å². The van der Waals surface area contributed by atoms with Crippen molar-refractivity contribution in [2.75, 3.05) is 26.5 Å². The fourth-order valence-electron chi connectivity index (χ4n) is 3.09. The molecule has 7 nitrogen and oxygen atoms in total. The van der Waals surface area contributed by atoms with Crippen LogP contribution in [0.25, 0.3) is 0 Å². The average molecular weight is 342 g/mol. The van der Waals surface area contributed by atoms with Crippen LogP contribution in [0.15, 0.2) is 12.4 Å². The molecule has 0 aliphatic carbocycles. The molecule has 0 radical (unpaired) electrons. The molecule has 1 saturated heterocycles. The summed E-state index contributed by atoms with van der Waals surface area (Å²) in [6.07, 6.45) is 6.92. The summed E-state index contributed by atoms with van der Waals surface area (Å²) in [5, 5.41) is 0. The Morgan fingerprint density at radius 1 is 1.35 bits per heavy atom. The molecule has 1 fully saturated rings. The molecule has 0 amide bonds. The largest absolute Gasteiger partial charge is 0.377 e. The molecule has 0 aromatic carbocycles. The first kappa shape index (κ1) is 18.3. The zero-order valence-electron chi connectivity index (χ0n) is 14.0. The van der Waals surface area contributed by atoms with E-state index in [1.165, 1.54) is 6.26 Å². The number of hydrogen-bond donors (Lipinski definition) is 1. The fraction of sp³-hybridized carbons (Fsp3) is 0.733. The minimum atomic E-state index is -3.18. The second-order valence-electron chi connectivity index (χ2n) is 6.18. The molecule has 1 aromatic rings. The molecule has 1 aromatic heterocycles. The molecule has 1 N–H and O–H groups in total. The van der Waals surface area contributed by atoms with Crippen LogP contribution in [0.2, 0.25) is 0 Å². The summed E-state index contributed by atoms with van der Waals surface area (Å²) < 4.78 is 30.9. The second kappa shape index (κ2) is 8.14. The van der Waals surface area contributed by atoms with Crippen molar-refractivity contribution in [1.82, 2.24) is 19.6 Å². The predicted molar refractivity (Wildman–Crippen MR) is 88.2 cm³/mol. The van der Waals surface area contributed by atoms with Crippen LogP contribution in [0.1, 0.15) is 31.2 Å². The average Bonchev–Trinajstić information content (AvgIpc) is 2.81. The maximum atomic E-state index is 11.5. The SMILES string of the molecule is CCC[C@@H]1CN(Cc2cnc(COC)nc2)C[C@H]1NS(C)(=O)=O. The molecule has 1 aliphatic rings. The van der Waals surface area contributed by atoms with Crippen LogP contribution < -0.4 is 4.72 Å². The lowest BCUT2D eigenvalue weighted by Crippen LogP contribution is -2.39. The van der Waals surface area contributed by atoms with Crippen molar-refractivity contribution in [3.8, 4) is 0 Å². The zero-order chi connectivity index (χ0) is 16.9. The molecule has 0 bridgehead atoms. The van der Waals surface area contributed by atoms with E-state index in [1.54, 1.807) is 7.11 Å². The van der Waals surface area contributed by atoms with Gasteiger partial charge in [0.2, 0.25) is 10.0 Å². The van der Waals surface area contributed by atoms with E-state index in [4.69, 9.17) is 4.74 Å². The first-order valence-corrected chi connectivity index (χ1v) is 9.78. The molecule has 2 atom stereocenters. The van der Waals surface area contributed by atoms with Crippen LogP contribution in [-0.4, -0.2) is 55.8 Å². The lowest BCUT2D eigenvalue weighted by molar-refractivity contribution is 0.177. The van der Waals surface area contributed by atoms with Crippen LogP contribution in [-0.2, 0) is 27.9 Å². The number of nitrogens with one attached hydrogen (secondary N) is 1. The van der Waals surface area contributed by atoms with E-state index in [1.807, 2.05) is 12.4 Å². The van der Waals surface area contributed by atoms with E-state index in [2.05, 4.69) is 26.5 Å². The van der Waals surface area contributed by atoms with Gasteiger partial charge in [-0.2, -0.15) is 0 Å². The number of rotatable bonds is 8. The van der Waals surface area contributed by atoms with Crippen LogP contribution in [0.3, 0.4) is 0 Å². The van der Waals surface area contributed by atoms with Gasteiger partial charge < -0.3 is 4.74 Å². The smallest absolute Gasteiger partial charge is 0.209 e. The topological polar surface area (TPSA) is 84.4 Å². The third kappa shape index (κ3) is 5.80. The van der Waals surface area contributed by atoms with Crippen LogP contribution in [0.5, 0.6) is 0 Å². The third-order valence-electron chi connectivity index (χ3n) is 3.98. The van der Waals surface area contributed by atoms with E-state index in [-0.39, 0.29) is 6.04 Å². The minimum absolute atomic E-state index is 0.0152. The number of aromatic nitrogens is 2. The van der Waals surface area contributed by atoms with E-state index < -0.39 is 10.0 Å². The predicted octanol–water partition coefficient (Wildman–Crippen LogP) is 0.773. The summed E-state index contributed by atoms with van der Waals surface area (Å²) in [6, 6.07) is -0.0152. The van der Waals surface area contributed by atoms with Gasteiger partial charge in [0.1, 0.15) is 6.61 Å². The normalized spacial score (nSPS) is 22.6. The van der Waals surface area contributed by atoms with Gasteiger partial charge >= 0.3 is 0 Å². The van der Waals surface area contributed by atoms with Gasteiger partial charge in [-0.05, 0) is 12.3 Å². The number of ether oxygens (including phenoxy) is 1. The van der Waals surface area contributed by atoms with Crippen LogP contribution >= 0.6 is 0 Å². The lowest BCUT2D eigenvalue weighted by atomic mass is 9.99. The molecule has 1 aliphatic heterocycles. The van der Waals surface area contributed by atoms with Gasteiger partial charge in [-0.15, -0.1) is 0 Å². The highest BCUT2D eigenvalue weighted by Crippen LogP contribution is 2.23. The van der Waals surface area contributed by atoms with Crippen molar-refractivity contribution in [3.05, 3.63) is 23.8 Å². The first-order valence-electron chi connectivity index (χ1n) is 7.89. The Bertz CT molecular complexity index is 591. The maximum absolute atomic E-state index is 11.5. The number of hydrogen-bond acceptors (Lipinski definition) is 6. The number of nitrogens with zero attached hydrogens (tertiary/aromatic N) is 3. The van der Waals surface area contributed by atoms with Gasteiger partial charge in [0.25, 0.3) is 0 Å². The lowest BCUT2D eigenvalue weighted by Gasteiger charge is -2.17. The second-order valence-corrected chi connectivity index (χ2v) is 7.96. The molecule has 2 rings (SSSR count). The van der Waals surface area contributed by atoms with Gasteiger partial charge in [0.15, 0.2) is 5.82 Å². The van der Waals surface area contributed by atoms with Crippen LogP contribution in [0.4, 0.5) is 0 Å². The Balaban J connectivity index is 1.97. The maximum Gasteiger partial charge on any atom is 0.209 e.